The largest absolute Gasteiger partial charge is 0.467 e. The molecule has 3 aromatic rings. The molecule has 1 amide bonds. The van der Waals surface area contributed by atoms with Crippen LogP contribution in [0.25, 0.3) is 0 Å². The van der Waals surface area contributed by atoms with E-state index in [1.165, 1.54) is 11.8 Å². The molecule has 0 spiro atoms. The van der Waals surface area contributed by atoms with Gasteiger partial charge in [-0.3, -0.25) is 4.79 Å². The minimum atomic E-state index is -0.283. The Kier molecular flexibility index (Phi) is 5.19. The highest BCUT2D eigenvalue weighted by molar-refractivity contribution is 5.91. The van der Waals surface area contributed by atoms with Crippen molar-refractivity contribution in [2.45, 2.75) is 13.0 Å². The van der Waals surface area contributed by atoms with Crippen molar-refractivity contribution >= 4 is 11.7 Å². The number of furan rings is 1. The number of hydrogen-bond donors (Lipinski definition) is 2. The van der Waals surface area contributed by atoms with E-state index in [0.717, 1.165) is 13.0 Å². The van der Waals surface area contributed by atoms with E-state index in [0.29, 0.717) is 18.1 Å². The quantitative estimate of drug-likeness (QED) is 0.699. The van der Waals surface area contributed by atoms with E-state index < -0.39 is 0 Å². The molecule has 0 fully saturated rings. The summed E-state index contributed by atoms with van der Waals surface area (Å²) >= 11 is 0. The summed E-state index contributed by atoms with van der Waals surface area (Å²) in [7, 11) is 0. The number of benzene rings is 1. The highest BCUT2D eigenvalue weighted by Gasteiger charge is 2.08. The minimum absolute atomic E-state index is 0.273. The van der Waals surface area contributed by atoms with Gasteiger partial charge in [0, 0.05) is 6.54 Å². The van der Waals surface area contributed by atoms with Crippen LogP contribution in [-0.2, 0) is 13.0 Å². The molecule has 0 aliphatic rings. The molecule has 1 aromatic carbocycles. The average molecular weight is 322 g/mol. The summed E-state index contributed by atoms with van der Waals surface area (Å²) in [5.74, 6) is 1.05. The van der Waals surface area contributed by atoms with Gasteiger partial charge in [0.05, 0.1) is 25.2 Å². The first-order valence-electron chi connectivity index (χ1n) is 7.72. The van der Waals surface area contributed by atoms with Crippen LogP contribution < -0.4 is 10.6 Å². The fourth-order valence-corrected chi connectivity index (χ4v) is 2.19. The molecular weight excluding hydrogens is 304 g/mol. The van der Waals surface area contributed by atoms with Crippen molar-refractivity contribution in [1.82, 2.24) is 15.3 Å². The van der Waals surface area contributed by atoms with Crippen molar-refractivity contribution in [1.29, 1.82) is 0 Å². The molecule has 6 nitrogen and oxygen atoms in total. The van der Waals surface area contributed by atoms with Gasteiger partial charge in [0.2, 0.25) is 0 Å². The van der Waals surface area contributed by atoms with Crippen LogP contribution in [0.1, 0.15) is 21.8 Å². The Bertz CT molecular complexity index is 755. The van der Waals surface area contributed by atoms with Crippen molar-refractivity contribution in [3.63, 3.8) is 0 Å². The molecule has 0 unspecified atom stereocenters. The normalized spacial score (nSPS) is 10.3. The molecule has 24 heavy (non-hydrogen) atoms. The average Bonchev–Trinajstić information content (AvgIpc) is 3.15. The van der Waals surface area contributed by atoms with E-state index >= 15 is 0 Å². The second-order valence-corrected chi connectivity index (χ2v) is 5.21. The molecule has 0 saturated heterocycles. The van der Waals surface area contributed by atoms with Gasteiger partial charge in [-0.2, -0.15) is 0 Å². The van der Waals surface area contributed by atoms with Gasteiger partial charge < -0.3 is 15.1 Å². The fourth-order valence-electron chi connectivity index (χ4n) is 2.19. The standard InChI is InChI=1S/C18H18N4O2/c23-18(22-11-15-7-4-10-24-15)16-12-21-17(13-20-16)19-9-8-14-5-2-1-3-6-14/h1-7,10,12-13H,8-9,11H2,(H,19,21)(H,22,23). The van der Waals surface area contributed by atoms with Crippen LogP contribution in [0.3, 0.4) is 0 Å². The van der Waals surface area contributed by atoms with Crippen LogP contribution >= 0.6 is 0 Å². The van der Waals surface area contributed by atoms with E-state index in [4.69, 9.17) is 4.42 Å². The summed E-state index contributed by atoms with van der Waals surface area (Å²) in [5, 5.41) is 5.92. The van der Waals surface area contributed by atoms with E-state index in [1.807, 2.05) is 18.2 Å². The van der Waals surface area contributed by atoms with Gasteiger partial charge in [-0.05, 0) is 24.1 Å². The number of carbonyl (C=O) groups is 1. The Balaban J connectivity index is 1.46. The zero-order chi connectivity index (χ0) is 16.6. The lowest BCUT2D eigenvalue weighted by Gasteiger charge is -2.06. The lowest BCUT2D eigenvalue weighted by atomic mass is 10.1. The van der Waals surface area contributed by atoms with Crippen LogP contribution in [0.5, 0.6) is 0 Å². The summed E-state index contributed by atoms with van der Waals surface area (Å²) in [5.41, 5.74) is 1.53. The molecule has 0 bridgehead atoms. The Morgan fingerprint density at radius 1 is 1.04 bits per heavy atom. The van der Waals surface area contributed by atoms with Gasteiger partial charge in [0.15, 0.2) is 0 Å². The Hall–Kier alpha value is -3.15. The third-order valence-corrected chi connectivity index (χ3v) is 3.45. The maximum Gasteiger partial charge on any atom is 0.271 e. The van der Waals surface area contributed by atoms with Gasteiger partial charge in [0.25, 0.3) is 5.91 Å². The Morgan fingerprint density at radius 3 is 2.62 bits per heavy atom. The molecule has 0 aliphatic heterocycles. The smallest absolute Gasteiger partial charge is 0.271 e. The summed E-state index contributed by atoms with van der Waals surface area (Å²) < 4.78 is 5.16. The topological polar surface area (TPSA) is 80.0 Å². The highest BCUT2D eigenvalue weighted by Crippen LogP contribution is 2.04. The predicted molar refractivity (Wildman–Crippen MR) is 90.5 cm³/mol. The summed E-state index contributed by atoms with van der Waals surface area (Å²) in [6.45, 7) is 1.08. The zero-order valence-corrected chi connectivity index (χ0v) is 13.1. The summed E-state index contributed by atoms with van der Waals surface area (Å²) in [4.78, 5) is 20.3. The van der Waals surface area contributed by atoms with Crippen molar-refractivity contribution in [3.05, 3.63) is 78.1 Å². The van der Waals surface area contributed by atoms with Crippen LogP contribution in [0, 0.1) is 0 Å². The van der Waals surface area contributed by atoms with E-state index in [1.54, 1.807) is 24.6 Å². The fraction of sp³-hybridized carbons (Fsp3) is 0.167. The number of rotatable bonds is 7. The van der Waals surface area contributed by atoms with Gasteiger partial charge in [-0.25, -0.2) is 9.97 Å². The van der Waals surface area contributed by atoms with E-state index in [2.05, 4.69) is 32.7 Å². The maximum absolute atomic E-state index is 12.0. The van der Waals surface area contributed by atoms with Crippen molar-refractivity contribution in [2.24, 2.45) is 0 Å². The first-order chi connectivity index (χ1) is 11.8. The zero-order valence-electron chi connectivity index (χ0n) is 13.1. The monoisotopic (exact) mass is 322 g/mol. The van der Waals surface area contributed by atoms with Crippen LogP contribution in [0.15, 0.2) is 65.5 Å². The number of hydrogen-bond acceptors (Lipinski definition) is 5. The molecule has 0 aliphatic carbocycles. The van der Waals surface area contributed by atoms with Crippen molar-refractivity contribution in [3.8, 4) is 0 Å². The SMILES string of the molecule is O=C(NCc1ccco1)c1cnc(NCCc2ccccc2)cn1. The van der Waals surface area contributed by atoms with Crippen LogP contribution in [0.2, 0.25) is 0 Å². The van der Waals surface area contributed by atoms with Crippen LogP contribution in [0.4, 0.5) is 5.82 Å². The lowest BCUT2D eigenvalue weighted by Crippen LogP contribution is -2.23. The van der Waals surface area contributed by atoms with Gasteiger partial charge >= 0.3 is 0 Å². The highest BCUT2D eigenvalue weighted by atomic mass is 16.3. The summed E-state index contributed by atoms with van der Waals surface area (Å²) in [6.07, 6.45) is 5.49. The lowest BCUT2D eigenvalue weighted by molar-refractivity contribution is 0.0942. The number of nitrogens with one attached hydrogen (secondary N) is 2. The molecule has 2 heterocycles. The van der Waals surface area contributed by atoms with E-state index in [9.17, 15) is 4.79 Å². The first-order valence-corrected chi connectivity index (χ1v) is 7.72. The minimum Gasteiger partial charge on any atom is -0.467 e. The molecule has 0 saturated carbocycles. The Morgan fingerprint density at radius 2 is 1.92 bits per heavy atom. The number of aromatic nitrogens is 2. The molecular formula is C18H18N4O2. The second-order valence-electron chi connectivity index (χ2n) is 5.21. The number of carbonyl (C=O) groups excluding carboxylic acids is 1. The molecule has 122 valence electrons. The first kappa shape index (κ1) is 15.7. The van der Waals surface area contributed by atoms with Gasteiger partial charge in [-0.15, -0.1) is 0 Å². The molecule has 2 N–H and O–H groups in total. The molecule has 6 heteroatoms. The maximum atomic E-state index is 12.0. The van der Waals surface area contributed by atoms with Crippen molar-refractivity contribution in [2.75, 3.05) is 11.9 Å². The third kappa shape index (κ3) is 4.42. The van der Waals surface area contributed by atoms with Gasteiger partial charge in [-0.1, -0.05) is 30.3 Å². The number of nitrogens with zero attached hydrogens (tertiary/aromatic N) is 2. The molecule has 2 aromatic heterocycles. The van der Waals surface area contributed by atoms with Crippen LogP contribution in [-0.4, -0.2) is 22.4 Å². The number of amides is 1. The Labute approximate surface area is 140 Å². The third-order valence-electron chi connectivity index (χ3n) is 3.45. The predicted octanol–water partition coefficient (Wildman–Crippen LogP) is 2.65. The van der Waals surface area contributed by atoms with Gasteiger partial charge in [0.1, 0.15) is 17.3 Å². The summed E-state index contributed by atoms with van der Waals surface area (Å²) in [6, 6.07) is 13.8. The second kappa shape index (κ2) is 7.92. The molecule has 0 atom stereocenters. The number of anilines is 1. The van der Waals surface area contributed by atoms with E-state index in [-0.39, 0.29) is 11.6 Å². The van der Waals surface area contributed by atoms with Crippen molar-refractivity contribution < 1.29 is 9.21 Å². The molecule has 0 radical (unpaired) electrons. The molecule has 3 rings (SSSR count).